The summed E-state index contributed by atoms with van der Waals surface area (Å²) in [6.07, 6.45) is 6.95. The van der Waals surface area contributed by atoms with Crippen molar-refractivity contribution in [3.05, 3.63) is 48.5 Å². The molecular weight excluding hydrogens is 642 g/mol. The van der Waals surface area contributed by atoms with Crippen LogP contribution in [0.2, 0.25) is 0 Å². The molecule has 0 aliphatic rings. The van der Waals surface area contributed by atoms with Gasteiger partial charge in [0, 0.05) is 6.04 Å². The number of benzene rings is 2. The Labute approximate surface area is 271 Å². The van der Waals surface area contributed by atoms with Crippen LogP contribution in [0, 0.1) is 0 Å². The zero-order chi connectivity index (χ0) is 34.3. The third kappa shape index (κ3) is 14.0. The molecule has 2 aromatic rings. The van der Waals surface area contributed by atoms with Crippen molar-refractivity contribution in [3.63, 3.8) is 0 Å². The summed E-state index contributed by atoms with van der Waals surface area (Å²) in [6.45, 7) is 7.25. The molecule has 0 amide bonds. The third-order valence-electron chi connectivity index (χ3n) is 7.25. The van der Waals surface area contributed by atoms with E-state index in [9.17, 15) is 26.4 Å². The largest absolute Gasteiger partial charge is 0.515 e. The first-order valence-corrected chi connectivity index (χ1v) is 18.2. The average molecular weight is 688 g/mol. The highest BCUT2D eigenvalue weighted by atomic mass is 32.2. The Morgan fingerprint density at radius 2 is 0.978 bits per heavy atom. The van der Waals surface area contributed by atoms with Crippen LogP contribution in [0.15, 0.2) is 58.3 Å². The first kappa shape index (κ1) is 38.9. The molecule has 13 nitrogen and oxygen atoms in total. The van der Waals surface area contributed by atoms with Gasteiger partial charge in [0.25, 0.3) is 20.2 Å². The Balaban J connectivity index is 2.04. The summed E-state index contributed by atoms with van der Waals surface area (Å²) in [5.74, 6) is -0.0430. The molecule has 0 radical (unpaired) electrons. The van der Waals surface area contributed by atoms with Crippen LogP contribution >= 0.6 is 0 Å². The first-order valence-electron chi connectivity index (χ1n) is 15.3. The molecule has 2 rings (SSSR count). The van der Waals surface area contributed by atoms with Gasteiger partial charge in [0.2, 0.25) is 0 Å². The maximum Gasteiger partial charge on any atom is 0.515 e. The number of carbonyl (C=O) groups is 2. The summed E-state index contributed by atoms with van der Waals surface area (Å²) < 4.78 is 84.6. The van der Waals surface area contributed by atoms with Crippen LogP contribution in [-0.4, -0.2) is 61.6 Å². The predicted molar refractivity (Wildman–Crippen MR) is 169 cm³/mol. The topological polar surface area (TPSA) is 183 Å². The van der Waals surface area contributed by atoms with Crippen molar-refractivity contribution in [2.24, 2.45) is 0 Å². The fourth-order valence-corrected chi connectivity index (χ4v) is 5.87. The van der Waals surface area contributed by atoms with E-state index in [4.69, 9.17) is 28.1 Å². The minimum absolute atomic E-state index is 0.0215. The molecule has 0 heterocycles. The smallest absolute Gasteiger partial charge is 0.415 e. The second-order valence-corrected chi connectivity index (χ2v) is 13.8. The second kappa shape index (κ2) is 18.8. The maximum atomic E-state index is 12.6. The van der Waals surface area contributed by atoms with Gasteiger partial charge < -0.3 is 18.9 Å². The zero-order valence-electron chi connectivity index (χ0n) is 26.7. The summed E-state index contributed by atoms with van der Waals surface area (Å²) in [5, 5.41) is 0. The van der Waals surface area contributed by atoms with Gasteiger partial charge in [-0.15, -0.1) is 0 Å². The van der Waals surface area contributed by atoms with Crippen molar-refractivity contribution in [2.45, 2.75) is 120 Å². The van der Waals surface area contributed by atoms with Crippen LogP contribution < -0.4 is 9.47 Å². The molecule has 0 aliphatic heterocycles. The normalized spacial score (nSPS) is 13.9. The molecule has 0 bridgehead atoms. The summed E-state index contributed by atoms with van der Waals surface area (Å²) in [6, 6.07) is 8.79. The van der Waals surface area contributed by atoms with E-state index >= 15 is 0 Å². The number of nitrogens with zero attached hydrogens (tertiary/aromatic N) is 1. The second-order valence-electron chi connectivity index (χ2n) is 10.9. The molecule has 0 spiro atoms. The molecule has 3 atom stereocenters. The molecule has 46 heavy (non-hydrogen) atoms. The Bertz CT molecular complexity index is 1350. The zero-order valence-corrected chi connectivity index (χ0v) is 28.3. The molecule has 15 heteroatoms. The summed E-state index contributed by atoms with van der Waals surface area (Å²) in [4.78, 5) is 26.1. The number of hydrogen-bond donors (Lipinski definition) is 2. The van der Waals surface area contributed by atoms with Gasteiger partial charge in [-0.25, -0.2) is 14.5 Å². The molecule has 258 valence electrons. The van der Waals surface area contributed by atoms with Crippen molar-refractivity contribution in [1.29, 1.82) is 0 Å². The number of unbranched alkanes of at least 4 members (excludes halogenated alkanes) is 8. The van der Waals surface area contributed by atoms with Gasteiger partial charge in [-0.1, -0.05) is 64.7 Å². The standard InChI is InChI=1S/C31H45NO12S2/c1-5-6-7-8-9-10-11-12-13-14-23(2)32(24(3)41-30(33)43-26-15-19-28(20-16-26)45(35,36)37)25(4)42-31(34)44-27-17-21-29(22-18-27)46(38,39)40/h15-25H,5-14H2,1-4H3,(H,35,36,37)(H,38,39,40). The van der Waals surface area contributed by atoms with E-state index in [0.717, 1.165) is 49.9 Å². The number of ether oxygens (including phenoxy) is 4. The molecule has 2 aromatic carbocycles. The molecule has 3 unspecified atom stereocenters. The lowest BCUT2D eigenvalue weighted by molar-refractivity contribution is -0.124. The SMILES string of the molecule is CCCCCCCCCCCC(C)N(C(C)OC(=O)Oc1ccc(S(=O)(=O)O)cc1)C(C)OC(=O)Oc1ccc(S(=O)(=O)O)cc1. The summed E-state index contributed by atoms with van der Waals surface area (Å²) in [5.41, 5.74) is 0. The Morgan fingerprint density at radius 3 is 1.33 bits per heavy atom. The van der Waals surface area contributed by atoms with E-state index in [-0.39, 0.29) is 27.3 Å². The van der Waals surface area contributed by atoms with Gasteiger partial charge in [0.1, 0.15) is 11.5 Å². The van der Waals surface area contributed by atoms with Gasteiger partial charge in [0.05, 0.1) is 9.79 Å². The number of hydrogen-bond acceptors (Lipinski definition) is 11. The minimum atomic E-state index is -4.42. The summed E-state index contributed by atoms with van der Waals surface area (Å²) >= 11 is 0. The molecule has 0 aliphatic carbocycles. The Hall–Kier alpha value is -3.24. The lowest BCUT2D eigenvalue weighted by Crippen LogP contribution is -2.50. The van der Waals surface area contributed by atoms with E-state index in [1.807, 2.05) is 6.92 Å². The van der Waals surface area contributed by atoms with Crippen molar-refractivity contribution in [3.8, 4) is 11.5 Å². The van der Waals surface area contributed by atoms with Crippen LogP contribution in [-0.2, 0) is 29.7 Å². The number of rotatable bonds is 19. The van der Waals surface area contributed by atoms with Gasteiger partial charge >= 0.3 is 12.3 Å². The van der Waals surface area contributed by atoms with Crippen LogP contribution in [0.4, 0.5) is 9.59 Å². The van der Waals surface area contributed by atoms with E-state index in [1.165, 1.54) is 56.4 Å². The van der Waals surface area contributed by atoms with Gasteiger partial charge in [0.15, 0.2) is 12.5 Å². The fraction of sp³-hybridized carbons (Fsp3) is 0.548. The molecular formula is C31H45NO12S2. The molecule has 0 saturated heterocycles. The molecule has 2 N–H and O–H groups in total. The maximum absolute atomic E-state index is 12.6. The monoisotopic (exact) mass is 687 g/mol. The average Bonchev–Trinajstić information content (AvgIpc) is 2.95. The van der Waals surface area contributed by atoms with Crippen LogP contribution in [0.1, 0.15) is 91.9 Å². The van der Waals surface area contributed by atoms with Crippen molar-refractivity contribution in [2.75, 3.05) is 0 Å². The lowest BCUT2D eigenvalue weighted by atomic mass is 10.0. The van der Waals surface area contributed by atoms with Gasteiger partial charge in [-0.05, 0) is 75.7 Å². The van der Waals surface area contributed by atoms with E-state index < -0.39 is 45.0 Å². The van der Waals surface area contributed by atoms with Crippen LogP contribution in [0.3, 0.4) is 0 Å². The highest BCUT2D eigenvalue weighted by Gasteiger charge is 2.31. The highest BCUT2D eigenvalue weighted by Crippen LogP contribution is 2.22. The molecule has 0 saturated carbocycles. The van der Waals surface area contributed by atoms with Crippen LogP contribution in [0.25, 0.3) is 0 Å². The number of carbonyl (C=O) groups excluding carboxylic acids is 2. The third-order valence-corrected chi connectivity index (χ3v) is 8.99. The van der Waals surface area contributed by atoms with E-state index in [1.54, 1.807) is 18.7 Å². The first-order chi connectivity index (χ1) is 21.6. The quantitative estimate of drug-likeness (QED) is 0.0497. The highest BCUT2D eigenvalue weighted by molar-refractivity contribution is 7.86. The Kier molecular flexibility index (Phi) is 15.9. The minimum Gasteiger partial charge on any atom is -0.415 e. The fourth-order valence-electron chi connectivity index (χ4n) is 4.91. The van der Waals surface area contributed by atoms with Crippen molar-refractivity contribution >= 4 is 32.5 Å². The predicted octanol–water partition coefficient (Wildman–Crippen LogP) is 7.21. The molecule has 0 aromatic heterocycles. The van der Waals surface area contributed by atoms with Gasteiger partial charge in [-0.2, -0.15) is 16.8 Å². The van der Waals surface area contributed by atoms with Gasteiger partial charge in [-0.3, -0.25) is 9.11 Å². The summed E-state index contributed by atoms with van der Waals surface area (Å²) in [7, 11) is -8.84. The van der Waals surface area contributed by atoms with Crippen molar-refractivity contribution in [1.82, 2.24) is 4.90 Å². The van der Waals surface area contributed by atoms with E-state index in [0.29, 0.717) is 6.42 Å². The lowest BCUT2D eigenvalue weighted by Gasteiger charge is -2.37. The molecule has 0 fully saturated rings. The van der Waals surface area contributed by atoms with Crippen molar-refractivity contribution < 1.29 is 54.5 Å². The van der Waals surface area contributed by atoms with E-state index in [2.05, 4.69) is 6.92 Å². The van der Waals surface area contributed by atoms with Crippen LogP contribution in [0.5, 0.6) is 11.5 Å². The Morgan fingerprint density at radius 1 is 0.630 bits per heavy atom.